The monoisotopic (exact) mass is 164 g/mol. The molecule has 0 amide bonds. The second-order valence-corrected chi connectivity index (χ2v) is 1.65. The fourth-order valence-electron chi connectivity index (χ4n) is 0.353. The SMILES string of the molecule is C.C.CCC(=O)OCCCO. The topological polar surface area (TPSA) is 46.5 Å². The summed E-state index contributed by atoms with van der Waals surface area (Å²) in [5.74, 6) is -0.205. The van der Waals surface area contributed by atoms with Crippen LogP contribution >= 0.6 is 0 Å². The summed E-state index contributed by atoms with van der Waals surface area (Å²) in [6, 6.07) is 0. The van der Waals surface area contributed by atoms with Gasteiger partial charge in [0, 0.05) is 19.4 Å². The summed E-state index contributed by atoms with van der Waals surface area (Å²) >= 11 is 0. The van der Waals surface area contributed by atoms with Crippen LogP contribution in [0.4, 0.5) is 0 Å². The van der Waals surface area contributed by atoms with Crippen molar-refractivity contribution in [2.75, 3.05) is 13.2 Å². The number of aliphatic hydroxyl groups excluding tert-OH is 1. The highest BCUT2D eigenvalue weighted by molar-refractivity contribution is 5.68. The van der Waals surface area contributed by atoms with Crippen molar-refractivity contribution in [3.8, 4) is 0 Å². The summed E-state index contributed by atoms with van der Waals surface area (Å²) in [6.45, 7) is 2.15. The molecule has 0 saturated carbocycles. The minimum atomic E-state index is -0.205. The molecule has 0 spiro atoms. The van der Waals surface area contributed by atoms with Crippen molar-refractivity contribution in [2.24, 2.45) is 0 Å². The lowest BCUT2D eigenvalue weighted by Gasteiger charge is -1.98. The molecule has 0 radical (unpaired) electrons. The van der Waals surface area contributed by atoms with E-state index in [2.05, 4.69) is 4.74 Å². The average molecular weight is 164 g/mol. The van der Waals surface area contributed by atoms with Gasteiger partial charge in [-0.1, -0.05) is 21.8 Å². The predicted molar refractivity (Wildman–Crippen MR) is 46.4 cm³/mol. The minimum absolute atomic E-state index is 0. The van der Waals surface area contributed by atoms with Crippen molar-refractivity contribution in [3.63, 3.8) is 0 Å². The zero-order valence-electron chi connectivity index (χ0n) is 5.59. The zero-order valence-corrected chi connectivity index (χ0v) is 5.59. The Labute approximate surface area is 69.4 Å². The Morgan fingerprint density at radius 2 is 2.00 bits per heavy atom. The number of ether oxygens (including phenoxy) is 1. The minimum Gasteiger partial charge on any atom is -0.466 e. The molecule has 0 aromatic carbocycles. The maximum atomic E-state index is 10.4. The summed E-state index contributed by atoms with van der Waals surface area (Å²) in [6.07, 6.45) is 0.942. The van der Waals surface area contributed by atoms with Gasteiger partial charge in [-0.15, -0.1) is 0 Å². The van der Waals surface area contributed by atoms with E-state index >= 15 is 0 Å². The van der Waals surface area contributed by atoms with Crippen molar-refractivity contribution < 1.29 is 14.6 Å². The quantitative estimate of drug-likeness (QED) is 0.507. The predicted octanol–water partition coefficient (Wildman–Crippen LogP) is 1.59. The molecule has 0 fully saturated rings. The molecule has 0 aromatic rings. The van der Waals surface area contributed by atoms with Gasteiger partial charge in [0.2, 0.25) is 0 Å². The van der Waals surface area contributed by atoms with Crippen LogP contribution in [0.1, 0.15) is 34.6 Å². The van der Waals surface area contributed by atoms with Gasteiger partial charge >= 0.3 is 5.97 Å². The van der Waals surface area contributed by atoms with Gasteiger partial charge in [0.05, 0.1) is 6.61 Å². The van der Waals surface area contributed by atoms with Crippen LogP contribution in [0.3, 0.4) is 0 Å². The molecule has 3 nitrogen and oxygen atoms in total. The van der Waals surface area contributed by atoms with Crippen LogP contribution in [0, 0.1) is 0 Å². The second-order valence-electron chi connectivity index (χ2n) is 1.65. The Kier molecular flexibility index (Phi) is 18.5. The zero-order chi connectivity index (χ0) is 7.11. The Bertz CT molecular complexity index is 81.4. The molecule has 0 saturated heterocycles. The third-order valence-corrected chi connectivity index (χ3v) is 0.854. The first-order valence-electron chi connectivity index (χ1n) is 3.07. The Hall–Kier alpha value is -0.570. The molecule has 0 unspecified atom stereocenters. The van der Waals surface area contributed by atoms with E-state index in [0.717, 1.165) is 0 Å². The van der Waals surface area contributed by atoms with Gasteiger partial charge < -0.3 is 9.84 Å². The maximum Gasteiger partial charge on any atom is 0.305 e. The smallest absolute Gasteiger partial charge is 0.305 e. The van der Waals surface area contributed by atoms with Crippen LogP contribution in [0.2, 0.25) is 0 Å². The number of carbonyl (C=O) groups is 1. The van der Waals surface area contributed by atoms with E-state index < -0.39 is 0 Å². The molecule has 0 bridgehead atoms. The number of esters is 1. The van der Waals surface area contributed by atoms with Gasteiger partial charge in [-0.2, -0.15) is 0 Å². The van der Waals surface area contributed by atoms with Gasteiger partial charge in [-0.25, -0.2) is 0 Å². The fraction of sp³-hybridized carbons (Fsp3) is 0.875. The molecule has 70 valence electrons. The highest BCUT2D eigenvalue weighted by Gasteiger charge is 1.94. The van der Waals surface area contributed by atoms with Gasteiger partial charge in [0.25, 0.3) is 0 Å². The van der Waals surface area contributed by atoms with Crippen molar-refractivity contribution in [3.05, 3.63) is 0 Å². The molecule has 0 aliphatic carbocycles. The van der Waals surface area contributed by atoms with E-state index in [1.165, 1.54) is 0 Å². The summed E-state index contributed by atoms with van der Waals surface area (Å²) in [7, 11) is 0. The highest BCUT2D eigenvalue weighted by atomic mass is 16.5. The fourth-order valence-corrected chi connectivity index (χ4v) is 0.353. The molecule has 0 aliphatic rings. The van der Waals surface area contributed by atoms with E-state index in [1.54, 1.807) is 6.92 Å². The molecule has 0 aromatic heterocycles. The van der Waals surface area contributed by atoms with Crippen LogP contribution in [0.15, 0.2) is 0 Å². The van der Waals surface area contributed by atoms with Crippen molar-refractivity contribution in [1.29, 1.82) is 0 Å². The molecule has 1 N–H and O–H groups in total. The molecule has 0 aliphatic heterocycles. The molecule has 0 heterocycles. The van der Waals surface area contributed by atoms with E-state index in [4.69, 9.17) is 5.11 Å². The third-order valence-electron chi connectivity index (χ3n) is 0.854. The number of aliphatic hydroxyl groups is 1. The van der Waals surface area contributed by atoms with Gasteiger partial charge in [-0.05, 0) is 0 Å². The number of rotatable bonds is 4. The molecular formula is C8H20O3. The number of hydrogen-bond acceptors (Lipinski definition) is 3. The summed E-state index contributed by atoms with van der Waals surface area (Å²) in [4.78, 5) is 10.4. The van der Waals surface area contributed by atoms with E-state index in [0.29, 0.717) is 19.4 Å². The first-order valence-corrected chi connectivity index (χ1v) is 3.07. The van der Waals surface area contributed by atoms with Crippen molar-refractivity contribution in [1.82, 2.24) is 0 Å². The van der Waals surface area contributed by atoms with Crippen LogP contribution in [0.5, 0.6) is 0 Å². The van der Waals surface area contributed by atoms with Crippen LogP contribution in [0.25, 0.3) is 0 Å². The molecule has 3 heteroatoms. The second kappa shape index (κ2) is 12.1. The Morgan fingerprint density at radius 3 is 2.36 bits per heavy atom. The standard InChI is InChI=1S/C6H12O3.2CH4/c1-2-6(8)9-5-3-4-7;;/h7H,2-5H2,1H3;2*1H4. The highest BCUT2D eigenvalue weighted by Crippen LogP contribution is 1.85. The maximum absolute atomic E-state index is 10.4. The van der Waals surface area contributed by atoms with Crippen LogP contribution in [-0.2, 0) is 9.53 Å². The number of hydrogen-bond donors (Lipinski definition) is 1. The van der Waals surface area contributed by atoms with Crippen LogP contribution in [-0.4, -0.2) is 24.3 Å². The molecule has 11 heavy (non-hydrogen) atoms. The van der Waals surface area contributed by atoms with E-state index in [-0.39, 0.29) is 27.4 Å². The summed E-state index contributed by atoms with van der Waals surface area (Å²) in [5.41, 5.74) is 0. The first-order chi connectivity index (χ1) is 4.31. The van der Waals surface area contributed by atoms with E-state index in [1.807, 2.05) is 0 Å². The average Bonchev–Trinajstić information content (AvgIpc) is 1.89. The van der Waals surface area contributed by atoms with Crippen molar-refractivity contribution >= 4 is 5.97 Å². The first kappa shape index (κ1) is 16.8. The Morgan fingerprint density at radius 1 is 1.45 bits per heavy atom. The van der Waals surface area contributed by atoms with Gasteiger partial charge in [-0.3, -0.25) is 4.79 Å². The van der Waals surface area contributed by atoms with Crippen molar-refractivity contribution in [2.45, 2.75) is 34.6 Å². The molecule has 0 rings (SSSR count). The summed E-state index contributed by atoms with van der Waals surface area (Å²) in [5, 5.41) is 8.26. The van der Waals surface area contributed by atoms with Gasteiger partial charge in [0.1, 0.15) is 0 Å². The third kappa shape index (κ3) is 12.6. The number of carbonyl (C=O) groups excluding carboxylic acids is 1. The molecular weight excluding hydrogens is 144 g/mol. The summed E-state index contributed by atoms with van der Waals surface area (Å²) < 4.78 is 4.63. The lowest BCUT2D eigenvalue weighted by Crippen LogP contribution is -2.04. The van der Waals surface area contributed by atoms with Crippen LogP contribution < -0.4 is 0 Å². The van der Waals surface area contributed by atoms with Gasteiger partial charge in [0.15, 0.2) is 0 Å². The lowest BCUT2D eigenvalue weighted by atomic mass is 10.5. The lowest BCUT2D eigenvalue weighted by molar-refractivity contribution is -0.143. The molecule has 0 atom stereocenters. The normalized spacial score (nSPS) is 7.45. The van der Waals surface area contributed by atoms with E-state index in [9.17, 15) is 4.79 Å². The largest absolute Gasteiger partial charge is 0.466 e. The Balaban J connectivity index is -0.000000320.